The molecule has 0 aromatic heterocycles. The van der Waals surface area contributed by atoms with E-state index in [2.05, 4.69) is 11.4 Å². The van der Waals surface area contributed by atoms with Gasteiger partial charge in [-0.3, -0.25) is 4.79 Å². The largest absolute Gasteiger partial charge is 0.341 e. The molecule has 4 heteroatoms. The van der Waals surface area contributed by atoms with Crippen LogP contribution in [0, 0.1) is 16.7 Å². The minimum atomic E-state index is -0.225. The summed E-state index contributed by atoms with van der Waals surface area (Å²) in [5.74, 6) is 0.215. The summed E-state index contributed by atoms with van der Waals surface area (Å²) in [4.78, 5) is 14.2. The molecular weight excluding hydrogens is 202 g/mol. The third-order valence-corrected chi connectivity index (χ3v) is 3.39. The fraction of sp³-hybridized carbons (Fsp3) is 0.833. The molecule has 0 aromatic rings. The van der Waals surface area contributed by atoms with Crippen molar-refractivity contribution in [3.8, 4) is 6.07 Å². The van der Waals surface area contributed by atoms with Gasteiger partial charge in [-0.25, -0.2) is 0 Å². The van der Waals surface area contributed by atoms with Gasteiger partial charge in [-0.1, -0.05) is 6.92 Å². The van der Waals surface area contributed by atoms with E-state index in [9.17, 15) is 4.79 Å². The van der Waals surface area contributed by atoms with Crippen LogP contribution in [0.5, 0.6) is 0 Å². The van der Waals surface area contributed by atoms with E-state index in [0.717, 1.165) is 25.9 Å². The van der Waals surface area contributed by atoms with Gasteiger partial charge in [0.1, 0.15) is 0 Å². The number of carbonyl (C=O) groups is 1. The third-order valence-electron chi connectivity index (χ3n) is 3.39. The SMILES string of the molecule is CCN(CCC#N)C(=O)C1(C)CCNCC1. The second-order valence-corrected chi connectivity index (χ2v) is 4.60. The number of nitrogens with one attached hydrogen (secondary N) is 1. The lowest BCUT2D eigenvalue weighted by atomic mass is 9.79. The monoisotopic (exact) mass is 223 g/mol. The summed E-state index contributed by atoms with van der Waals surface area (Å²) in [6, 6.07) is 2.10. The Morgan fingerprint density at radius 3 is 2.62 bits per heavy atom. The standard InChI is InChI=1S/C12H21N3O/c1-3-15(10-4-7-13)11(16)12(2)5-8-14-9-6-12/h14H,3-6,8-10H2,1-2H3. The van der Waals surface area contributed by atoms with E-state index in [1.54, 1.807) is 0 Å². The van der Waals surface area contributed by atoms with Crippen molar-refractivity contribution in [2.45, 2.75) is 33.1 Å². The van der Waals surface area contributed by atoms with Gasteiger partial charge in [0.05, 0.1) is 12.5 Å². The Hall–Kier alpha value is -1.08. The first kappa shape index (κ1) is 13.0. The summed E-state index contributed by atoms with van der Waals surface area (Å²) >= 11 is 0. The van der Waals surface area contributed by atoms with Gasteiger partial charge in [0.25, 0.3) is 0 Å². The molecule has 1 saturated heterocycles. The Labute approximate surface area is 97.6 Å². The van der Waals surface area contributed by atoms with Gasteiger partial charge in [-0.15, -0.1) is 0 Å². The second-order valence-electron chi connectivity index (χ2n) is 4.60. The highest BCUT2D eigenvalue weighted by Gasteiger charge is 2.36. The van der Waals surface area contributed by atoms with E-state index >= 15 is 0 Å². The number of carbonyl (C=O) groups excluding carboxylic acids is 1. The summed E-state index contributed by atoms with van der Waals surface area (Å²) in [6.45, 7) is 7.11. The molecule has 4 nitrogen and oxygen atoms in total. The molecule has 0 aliphatic carbocycles. The van der Waals surface area contributed by atoms with Gasteiger partial charge in [-0.2, -0.15) is 5.26 Å². The molecule has 0 unspecified atom stereocenters. The van der Waals surface area contributed by atoms with Gasteiger partial charge in [0, 0.05) is 18.5 Å². The number of piperidine rings is 1. The number of nitriles is 1. The predicted octanol–water partition coefficient (Wildman–Crippen LogP) is 1.14. The molecule has 1 aliphatic heterocycles. The van der Waals surface area contributed by atoms with Crippen LogP contribution >= 0.6 is 0 Å². The Morgan fingerprint density at radius 2 is 2.12 bits per heavy atom. The number of amides is 1. The summed E-state index contributed by atoms with van der Waals surface area (Å²) in [5, 5.41) is 11.8. The summed E-state index contributed by atoms with van der Waals surface area (Å²) in [6.07, 6.45) is 2.22. The lowest BCUT2D eigenvalue weighted by Gasteiger charge is -2.36. The normalized spacial score (nSPS) is 18.8. The van der Waals surface area contributed by atoms with Crippen molar-refractivity contribution in [2.24, 2.45) is 5.41 Å². The Kier molecular flexibility index (Phi) is 4.75. The molecule has 1 aliphatic rings. The molecule has 1 heterocycles. The lowest BCUT2D eigenvalue weighted by molar-refractivity contribution is -0.142. The lowest BCUT2D eigenvalue weighted by Crippen LogP contribution is -2.47. The summed E-state index contributed by atoms with van der Waals surface area (Å²) in [7, 11) is 0. The van der Waals surface area contributed by atoms with E-state index in [4.69, 9.17) is 5.26 Å². The number of rotatable bonds is 4. The smallest absolute Gasteiger partial charge is 0.228 e. The van der Waals surface area contributed by atoms with Gasteiger partial charge >= 0.3 is 0 Å². The number of nitrogens with zero attached hydrogens (tertiary/aromatic N) is 2. The average molecular weight is 223 g/mol. The summed E-state index contributed by atoms with van der Waals surface area (Å²) in [5.41, 5.74) is -0.225. The first-order valence-electron chi connectivity index (χ1n) is 6.01. The Morgan fingerprint density at radius 1 is 1.50 bits per heavy atom. The average Bonchev–Trinajstić information content (AvgIpc) is 2.31. The zero-order valence-corrected chi connectivity index (χ0v) is 10.3. The fourth-order valence-corrected chi connectivity index (χ4v) is 2.16. The highest BCUT2D eigenvalue weighted by Crippen LogP contribution is 2.30. The van der Waals surface area contributed by atoms with Crippen LogP contribution in [0.3, 0.4) is 0 Å². The fourth-order valence-electron chi connectivity index (χ4n) is 2.16. The molecule has 0 saturated carbocycles. The van der Waals surface area contributed by atoms with E-state index < -0.39 is 0 Å². The first-order chi connectivity index (χ1) is 7.64. The highest BCUT2D eigenvalue weighted by atomic mass is 16.2. The molecule has 90 valence electrons. The van der Waals surface area contributed by atoms with Crippen LogP contribution in [0.15, 0.2) is 0 Å². The molecule has 1 fully saturated rings. The Bertz CT molecular complexity index is 276. The molecule has 16 heavy (non-hydrogen) atoms. The van der Waals surface area contributed by atoms with E-state index in [1.807, 2.05) is 18.7 Å². The van der Waals surface area contributed by atoms with Gasteiger partial charge < -0.3 is 10.2 Å². The van der Waals surface area contributed by atoms with Crippen molar-refractivity contribution in [1.82, 2.24) is 10.2 Å². The molecule has 0 aromatic carbocycles. The van der Waals surface area contributed by atoms with E-state index in [-0.39, 0.29) is 11.3 Å². The third kappa shape index (κ3) is 2.96. The van der Waals surface area contributed by atoms with Crippen LogP contribution in [0.1, 0.15) is 33.1 Å². The quantitative estimate of drug-likeness (QED) is 0.777. The Balaban J connectivity index is 2.62. The van der Waals surface area contributed by atoms with Crippen LogP contribution in [0.4, 0.5) is 0 Å². The molecule has 0 radical (unpaired) electrons. The first-order valence-corrected chi connectivity index (χ1v) is 6.01. The van der Waals surface area contributed by atoms with Crippen molar-refractivity contribution < 1.29 is 4.79 Å². The topological polar surface area (TPSA) is 56.1 Å². The van der Waals surface area contributed by atoms with Crippen LogP contribution in [0.2, 0.25) is 0 Å². The zero-order valence-electron chi connectivity index (χ0n) is 10.3. The van der Waals surface area contributed by atoms with E-state index in [1.165, 1.54) is 0 Å². The van der Waals surface area contributed by atoms with Crippen LogP contribution in [-0.4, -0.2) is 37.0 Å². The van der Waals surface area contributed by atoms with E-state index in [0.29, 0.717) is 19.5 Å². The maximum absolute atomic E-state index is 12.3. The van der Waals surface area contributed by atoms with Crippen molar-refractivity contribution >= 4 is 5.91 Å². The van der Waals surface area contributed by atoms with Gasteiger partial charge in [0.15, 0.2) is 0 Å². The molecule has 1 amide bonds. The maximum Gasteiger partial charge on any atom is 0.228 e. The minimum absolute atomic E-state index is 0.215. The van der Waals surface area contributed by atoms with Gasteiger partial charge in [0.2, 0.25) is 5.91 Å². The molecule has 1 N–H and O–H groups in total. The minimum Gasteiger partial charge on any atom is -0.341 e. The maximum atomic E-state index is 12.3. The van der Waals surface area contributed by atoms with Gasteiger partial charge in [-0.05, 0) is 32.9 Å². The molecule has 0 spiro atoms. The number of hydrogen-bond acceptors (Lipinski definition) is 3. The van der Waals surface area contributed by atoms with Crippen LogP contribution < -0.4 is 5.32 Å². The van der Waals surface area contributed by atoms with Crippen molar-refractivity contribution in [1.29, 1.82) is 5.26 Å². The van der Waals surface area contributed by atoms with Crippen LogP contribution in [0.25, 0.3) is 0 Å². The van der Waals surface area contributed by atoms with Crippen LogP contribution in [-0.2, 0) is 4.79 Å². The second kappa shape index (κ2) is 5.86. The predicted molar refractivity (Wildman–Crippen MR) is 62.7 cm³/mol. The number of hydrogen-bond donors (Lipinski definition) is 1. The van der Waals surface area contributed by atoms with Crippen molar-refractivity contribution in [3.05, 3.63) is 0 Å². The molecule has 1 rings (SSSR count). The molecule has 0 atom stereocenters. The molecular formula is C12H21N3O. The van der Waals surface area contributed by atoms with Crippen molar-refractivity contribution in [3.63, 3.8) is 0 Å². The summed E-state index contributed by atoms with van der Waals surface area (Å²) < 4.78 is 0. The van der Waals surface area contributed by atoms with Crippen molar-refractivity contribution in [2.75, 3.05) is 26.2 Å². The molecule has 0 bridgehead atoms. The highest BCUT2D eigenvalue weighted by molar-refractivity contribution is 5.82. The zero-order chi connectivity index (χ0) is 12.0.